The summed E-state index contributed by atoms with van der Waals surface area (Å²) in [6, 6.07) is 20.8. The molecule has 0 heterocycles. The Kier molecular flexibility index (Phi) is 9.08. The fourth-order valence-corrected chi connectivity index (χ4v) is 5.65. The van der Waals surface area contributed by atoms with Crippen molar-refractivity contribution in [2.75, 3.05) is 19.0 Å². The van der Waals surface area contributed by atoms with Crippen molar-refractivity contribution in [3.8, 4) is 6.07 Å². The average molecular weight is 507 g/mol. The Hall–Kier alpha value is -3.41. The van der Waals surface area contributed by atoms with Crippen LogP contribution in [0.25, 0.3) is 10.8 Å². The molecule has 0 saturated carbocycles. The summed E-state index contributed by atoms with van der Waals surface area (Å²) in [5.74, 6) is -0.442. The normalized spacial score (nSPS) is 13.2. The van der Waals surface area contributed by atoms with Gasteiger partial charge in [-0.15, -0.1) is 0 Å². The third-order valence-corrected chi connectivity index (χ3v) is 7.52. The lowest BCUT2D eigenvalue weighted by atomic mass is 10.0. The van der Waals surface area contributed by atoms with Crippen molar-refractivity contribution < 1.29 is 13.2 Å². The number of hydrogen-bond acceptors (Lipinski definition) is 5. The molecule has 0 aliphatic rings. The van der Waals surface area contributed by atoms with Crippen LogP contribution >= 0.6 is 0 Å². The minimum absolute atomic E-state index is 0.0566. The van der Waals surface area contributed by atoms with Gasteiger partial charge in [-0.25, -0.2) is 8.42 Å². The Balaban J connectivity index is 1.83. The molecular formula is C28H34N4O3S. The lowest BCUT2D eigenvalue weighted by Crippen LogP contribution is -2.50. The summed E-state index contributed by atoms with van der Waals surface area (Å²) in [5, 5.41) is 13.7. The number of nitrogens with one attached hydrogen (secondary N) is 2. The highest BCUT2D eigenvalue weighted by molar-refractivity contribution is 7.89. The first-order chi connectivity index (χ1) is 17.1. The second-order valence-corrected chi connectivity index (χ2v) is 11.2. The van der Waals surface area contributed by atoms with Gasteiger partial charge < -0.3 is 10.2 Å². The van der Waals surface area contributed by atoms with E-state index in [1.165, 1.54) is 0 Å². The zero-order chi connectivity index (χ0) is 26.3. The molecule has 7 nitrogen and oxygen atoms in total. The van der Waals surface area contributed by atoms with Gasteiger partial charge in [0.15, 0.2) is 0 Å². The lowest BCUT2D eigenvalue weighted by molar-refractivity contribution is -0.123. The largest absolute Gasteiger partial charge is 0.377 e. The van der Waals surface area contributed by atoms with E-state index in [-0.39, 0.29) is 10.8 Å². The molecule has 3 aromatic carbocycles. The van der Waals surface area contributed by atoms with Crippen LogP contribution in [-0.4, -0.2) is 40.5 Å². The van der Waals surface area contributed by atoms with E-state index < -0.39 is 28.0 Å². The molecule has 0 fully saturated rings. The van der Waals surface area contributed by atoms with Gasteiger partial charge in [0.05, 0.1) is 11.0 Å². The number of hydrogen-bond donors (Lipinski definition) is 2. The third-order valence-electron chi connectivity index (χ3n) is 5.99. The summed E-state index contributed by atoms with van der Waals surface area (Å²) in [5.41, 5.74) is 1.97. The van der Waals surface area contributed by atoms with Crippen LogP contribution in [-0.2, 0) is 21.2 Å². The van der Waals surface area contributed by atoms with Crippen molar-refractivity contribution in [3.63, 3.8) is 0 Å². The highest BCUT2D eigenvalue weighted by Crippen LogP contribution is 2.30. The SMILES string of the molecule is CC(C)C[C@@H](NS(=O)(=O)c1cccc2c(N(C)C)cccc12)C(=O)N[C@@H](C#N)CCc1ccccc1. The van der Waals surface area contributed by atoms with E-state index >= 15 is 0 Å². The van der Waals surface area contributed by atoms with Gasteiger partial charge in [-0.2, -0.15) is 9.98 Å². The molecule has 0 radical (unpaired) electrons. The van der Waals surface area contributed by atoms with Crippen LogP contribution in [0.4, 0.5) is 5.69 Å². The second-order valence-electron chi connectivity index (χ2n) is 9.54. The van der Waals surface area contributed by atoms with Gasteiger partial charge in [0.2, 0.25) is 15.9 Å². The first-order valence-electron chi connectivity index (χ1n) is 12.1. The highest BCUT2D eigenvalue weighted by atomic mass is 32.2. The quantitative estimate of drug-likeness (QED) is 0.405. The summed E-state index contributed by atoms with van der Waals surface area (Å²) in [6.07, 6.45) is 1.36. The molecule has 8 heteroatoms. The van der Waals surface area contributed by atoms with Crippen LogP contribution in [0.1, 0.15) is 32.3 Å². The second kappa shape index (κ2) is 12.0. The van der Waals surface area contributed by atoms with Crippen LogP contribution in [0, 0.1) is 17.2 Å². The standard InChI is InChI=1S/C28H34N4O3S/c1-20(2)18-25(28(33)30-22(19-29)17-16-21-10-6-5-7-11-21)31-36(34,35)27-15-9-12-23-24(27)13-8-14-26(23)32(3)4/h5-15,20,22,25,31H,16-18H2,1-4H3,(H,30,33)/t22-,25-/m1/s1. The molecule has 0 saturated heterocycles. The van der Waals surface area contributed by atoms with Crippen molar-refractivity contribution in [1.82, 2.24) is 10.0 Å². The number of aryl methyl sites for hydroxylation is 1. The molecule has 0 unspecified atom stereocenters. The van der Waals surface area contributed by atoms with Crippen LogP contribution in [0.5, 0.6) is 0 Å². The van der Waals surface area contributed by atoms with Crippen LogP contribution in [0.2, 0.25) is 0 Å². The number of carbonyl (C=O) groups excluding carboxylic acids is 1. The van der Waals surface area contributed by atoms with Crippen LogP contribution < -0.4 is 14.9 Å². The Labute approximate surface area is 214 Å². The van der Waals surface area contributed by atoms with Crippen molar-refractivity contribution in [3.05, 3.63) is 72.3 Å². The van der Waals surface area contributed by atoms with Crippen molar-refractivity contribution in [2.24, 2.45) is 5.92 Å². The fraction of sp³-hybridized carbons (Fsp3) is 0.357. The Morgan fingerprint density at radius 2 is 1.64 bits per heavy atom. The Morgan fingerprint density at radius 3 is 2.28 bits per heavy atom. The third kappa shape index (κ3) is 6.84. The van der Waals surface area contributed by atoms with Gasteiger partial charge in [0.1, 0.15) is 12.1 Å². The van der Waals surface area contributed by atoms with Gasteiger partial charge in [0.25, 0.3) is 0 Å². The first kappa shape index (κ1) is 27.2. The minimum Gasteiger partial charge on any atom is -0.377 e. The molecule has 190 valence electrons. The minimum atomic E-state index is -4.03. The molecule has 3 rings (SSSR count). The van der Waals surface area contributed by atoms with E-state index in [0.29, 0.717) is 24.6 Å². The van der Waals surface area contributed by atoms with Gasteiger partial charge in [-0.3, -0.25) is 4.79 Å². The summed E-state index contributed by atoms with van der Waals surface area (Å²) >= 11 is 0. The molecule has 0 spiro atoms. The topological polar surface area (TPSA) is 102 Å². The fourth-order valence-electron chi connectivity index (χ4n) is 4.22. The number of fused-ring (bicyclic) bond motifs is 1. The average Bonchev–Trinajstić information content (AvgIpc) is 2.85. The maximum Gasteiger partial charge on any atom is 0.241 e. The van der Waals surface area contributed by atoms with Crippen molar-refractivity contribution >= 4 is 32.4 Å². The van der Waals surface area contributed by atoms with Gasteiger partial charge in [-0.05, 0) is 42.9 Å². The number of carbonyl (C=O) groups is 1. The monoisotopic (exact) mass is 506 g/mol. The molecular weight excluding hydrogens is 472 g/mol. The van der Waals surface area contributed by atoms with Crippen LogP contribution in [0.15, 0.2) is 71.6 Å². The van der Waals surface area contributed by atoms with E-state index in [9.17, 15) is 18.5 Å². The predicted molar refractivity (Wildman–Crippen MR) is 144 cm³/mol. The van der Waals surface area contributed by atoms with Gasteiger partial charge in [0, 0.05) is 30.6 Å². The van der Waals surface area contributed by atoms with Crippen LogP contribution in [0.3, 0.4) is 0 Å². The smallest absolute Gasteiger partial charge is 0.241 e. The molecule has 2 atom stereocenters. The number of nitrogens with zero attached hydrogens (tertiary/aromatic N) is 2. The number of rotatable bonds is 11. The van der Waals surface area contributed by atoms with E-state index in [1.54, 1.807) is 18.2 Å². The Bertz CT molecular complexity index is 1330. The number of nitriles is 1. The van der Waals surface area contributed by atoms with Crippen molar-refractivity contribution in [2.45, 2.75) is 50.1 Å². The van der Waals surface area contributed by atoms with E-state index in [1.807, 2.05) is 81.4 Å². The molecule has 36 heavy (non-hydrogen) atoms. The molecule has 0 aliphatic heterocycles. The summed E-state index contributed by atoms with van der Waals surface area (Å²) < 4.78 is 29.7. The number of sulfonamides is 1. The van der Waals surface area contributed by atoms with E-state index in [2.05, 4.69) is 16.1 Å². The number of anilines is 1. The molecule has 0 aliphatic carbocycles. The number of amides is 1. The Morgan fingerprint density at radius 1 is 0.972 bits per heavy atom. The maximum atomic E-state index is 13.5. The van der Waals surface area contributed by atoms with E-state index in [4.69, 9.17) is 0 Å². The zero-order valence-electron chi connectivity index (χ0n) is 21.2. The molecule has 2 N–H and O–H groups in total. The molecule has 3 aromatic rings. The molecule has 0 aromatic heterocycles. The number of benzene rings is 3. The summed E-state index contributed by atoms with van der Waals surface area (Å²) in [4.78, 5) is 15.2. The molecule has 1 amide bonds. The maximum absolute atomic E-state index is 13.5. The lowest BCUT2D eigenvalue weighted by Gasteiger charge is -2.23. The zero-order valence-corrected chi connectivity index (χ0v) is 22.0. The molecule has 0 bridgehead atoms. The first-order valence-corrected chi connectivity index (χ1v) is 13.6. The van der Waals surface area contributed by atoms with Gasteiger partial charge >= 0.3 is 0 Å². The summed E-state index contributed by atoms with van der Waals surface area (Å²) in [6.45, 7) is 3.85. The summed E-state index contributed by atoms with van der Waals surface area (Å²) in [7, 11) is -0.222. The van der Waals surface area contributed by atoms with E-state index in [0.717, 1.165) is 16.6 Å². The predicted octanol–water partition coefficient (Wildman–Crippen LogP) is 4.24. The highest BCUT2D eigenvalue weighted by Gasteiger charge is 2.29. The van der Waals surface area contributed by atoms with Gasteiger partial charge in [-0.1, -0.05) is 68.4 Å². The van der Waals surface area contributed by atoms with Crippen molar-refractivity contribution in [1.29, 1.82) is 5.26 Å².